The largest absolute Gasteiger partial charge is 0.488 e. The highest BCUT2D eigenvalue weighted by molar-refractivity contribution is 14.1. The fourth-order valence-corrected chi connectivity index (χ4v) is 3.21. The molecule has 0 aromatic heterocycles. The van der Waals surface area contributed by atoms with Gasteiger partial charge >= 0.3 is 0 Å². The first-order valence-electron chi connectivity index (χ1n) is 8.81. The molecular weight excluding hydrogens is 534 g/mol. The number of carbonyl (C=O) groups excluding carboxylic acids is 1. The molecule has 0 saturated heterocycles. The van der Waals surface area contributed by atoms with Crippen molar-refractivity contribution >= 4 is 63.5 Å². The van der Waals surface area contributed by atoms with Crippen molar-refractivity contribution in [2.45, 2.75) is 6.61 Å². The van der Waals surface area contributed by atoms with E-state index in [1.54, 1.807) is 24.3 Å². The molecule has 4 nitrogen and oxygen atoms in total. The van der Waals surface area contributed by atoms with E-state index in [2.05, 4.69) is 27.9 Å². The second-order valence-electron chi connectivity index (χ2n) is 6.21. The van der Waals surface area contributed by atoms with Crippen LogP contribution in [-0.4, -0.2) is 5.91 Å². The number of nitrogens with one attached hydrogen (secondary N) is 1. The quantitative estimate of drug-likeness (QED) is 0.211. The summed E-state index contributed by atoms with van der Waals surface area (Å²) in [5, 5.41) is 12.8. The highest BCUT2D eigenvalue weighted by atomic mass is 127. The molecule has 30 heavy (non-hydrogen) atoms. The molecule has 0 bridgehead atoms. The van der Waals surface area contributed by atoms with Gasteiger partial charge in [0.2, 0.25) is 0 Å². The lowest BCUT2D eigenvalue weighted by Gasteiger charge is -2.10. The SMILES string of the molecule is N#C/C(=C\c1ccccc1OCc1ccc(I)cc1)C(=O)Nc1ccc(Cl)c(Cl)c1. The lowest BCUT2D eigenvalue weighted by Crippen LogP contribution is -2.13. The Kier molecular flexibility index (Phi) is 7.75. The molecule has 3 rings (SSSR count). The third-order valence-electron chi connectivity index (χ3n) is 4.07. The van der Waals surface area contributed by atoms with Gasteiger partial charge in [0.25, 0.3) is 5.91 Å². The first kappa shape index (κ1) is 22.2. The third-order valence-corrected chi connectivity index (χ3v) is 5.53. The third kappa shape index (κ3) is 5.99. The minimum atomic E-state index is -0.552. The minimum absolute atomic E-state index is 0.0635. The van der Waals surface area contributed by atoms with Crippen molar-refractivity contribution in [1.82, 2.24) is 0 Å². The number of hydrogen-bond donors (Lipinski definition) is 1. The second-order valence-corrected chi connectivity index (χ2v) is 8.27. The molecule has 0 aliphatic rings. The van der Waals surface area contributed by atoms with Gasteiger partial charge in [0.1, 0.15) is 24.0 Å². The van der Waals surface area contributed by atoms with Crippen LogP contribution in [0.5, 0.6) is 5.75 Å². The van der Waals surface area contributed by atoms with Crippen LogP contribution in [0.15, 0.2) is 72.3 Å². The number of hydrogen-bond acceptors (Lipinski definition) is 3. The van der Waals surface area contributed by atoms with Gasteiger partial charge in [-0.2, -0.15) is 5.26 Å². The van der Waals surface area contributed by atoms with Gasteiger partial charge in [0, 0.05) is 14.8 Å². The summed E-state index contributed by atoms with van der Waals surface area (Å²) < 4.78 is 7.06. The van der Waals surface area contributed by atoms with Crippen molar-refractivity contribution in [2.75, 3.05) is 5.32 Å². The zero-order valence-electron chi connectivity index (χ0n) is 15.5. The minimum Gasteiger partial charge on any atom is -0.488 e. The average Bonchev–Trinajstić information content (AvgIpc) is 2.75. The van der Waals surface area contributed by atoms with Gasteiger partial charge in [-0.15, -0.1) is 0 Å². The maximum absolute atomic E-state index is 12.5. The molecule has 0 fully saturated rings. The zero-order chi connectivity index (χ0) is 21.5. The Bertz CT molecular complexity index is 1140. The summed E-state index contributed by atoms with van der Waals surface area (Å²) in [6.07, 6.45) is 1.50. The number of ether oxygens (including phenoxy) is 1. The van der Waals surface area contributed by atoms with Crippen molar-refractivity contribution in [1.29, 1.82) is 5.26 Å². The van der Waals surface area contributed by atoms with Crippen molar-refractivity contribution in [2.24, 2.45) is 0 Å². The molecule has 0 atom stereocenters. The Morgan fingerprint density at radius 3 is 2.50 bits per heavy atom. The van der Waals surface area contributed by atoms with Crippen LogP contribution < -0.4 is 10.1 Å². The average molecular weight is 549 g/mol. The number of amides is 1. The molecule has 0 saturated carbocycles. The Morgan fingerprint density at radius 2 is 1.80 bits per heavy atom. The first-order chi connectivity index (χ1) is 14.5. The van der Waals surface area contributed by atoms with Crippen LogP contribution >= 0.6 is 45.8 Å². The van der Waals surface area contributed by atoms with E-state index < -0.39 is 5.91 Å². The summed E-state index contributed by atoms with van der Waals surface area (Å²) in [7, 11) is 0. The topological polar surface area (TPSA) is 62.1 Å². The number of nitrogens with zero attached hydrogens (tertiary/aromatic N) is 1. The van der Waals surface area contributed by atoms with Gasteiger partial charge in [0.05, 0.1) is 10.0 Å². The molecule has 7 heteroatoms. The van der Waals surface area contributed by atoms with Gasteiger partial charge in [-0.1, -0.05) is 53.5 Å². The number of anilines is 1. The van der Waals surface area contributed by atoms with E-state index >= 15 is 0 Å². The van der Waals surface area contributed by atoms with E-state index in [1.165, 1.54) is 12.1 Å². The molecule has 1 amide bonds. The van der Waals surface area contributed by atoms with Crippen molar-refractivity contribution in [3.8, 4) is 11.8 Å². The van der Waals surface area contributed by atoms with Crippen molar-refractivity contribution < 1.29 is 9.53 Å². The van der Waals surface area contributed by atoms with Crippen LogP contribution in [0, 0.1) is 14.9 Å². The Balaban J connectivity index is 1.78. The van der Waals surface area contributed by atoms with E-state index in [0.29, 0.717) is 33.7 Å². The van der Waals surface area contributed by atoms with E-state index in [9.17, 15) is 10.1 Å². The standard InChI is InChI=1S/C23H15Cl2IN2O2/c24-20-10-9-19(12-21(20)25)28-23(29)17(13-27)11-16-3-1-2-4-22(16)30-14-15-5-7-18(26)8-6-15/h1-12H,14H2,(H,28,29)/b17-11+. The normalized spacial score (nSPS) is 10.9. The summed E-state index contributed by atoms with van der Waals surface area (Å²) in [5.74, 6) is 0.0227. The molecule has 0 radical (unpaired) electrons. The van der Waals surface area contributed by atoms with Gasteiger partial charge < -0.3 is 10.1 Å². The molecule has 0 heterocycles. The van der Waals surface area contributed by atoms with Crippen molar-refractivity contribution in [3.05, 3.63) is 97.0 Å². The zero-order valence-corrected chi connectivity index (χ0v) is 19.2. The van der Waals surface area contributed by atoms with Crippen LogP contribution in [0.25, 0.3) is 6.08 Å². The van der Waals surface area contributed by atoms with Crippen LogP contribution in [0.3, 0.4) is 0 Å². The molecule has 3 aromatic rings. The Hall–Kier alpha value is -2.53. The number of benzene rings is 3. The van der Waals surface area contributed by atoms with E-state index in [1.807, 2.05) is 42.5 Å². The molecular formula is C23H15Cl2IN2O2. The number of carbonyl (C=O) groups is 1. The van der Waals surface area contributed by atoms with Crippen LogP contribution in [0.2, 0.25) is 10.0 Å². The number of rotatable bonds is 6. The van der Waals surface area contributed by atoms with Crippen LogP contribution in [0.4, 0.5) is 5.69 Å². The van der Waals surface area contributed by atoms with Crippen LogP contribution in [0.1, 0.15) is 11.1 Å². The van der Waals surface area contributed by atoms with Crippen LogP contribution in [-0.2, 0) is 11.4 Å². The molecule has 0 spiro atoms. The fraction of sp³-hybridized carbons (Fsp3) is 0.0435. The molecule has 150 valence electrons. The summed E-state index contributed by atoms with van der Waals surface area (Å²) in [6, 6.07) is 21.9. The van der Waals surface area contributed by atoms with Gasteiger partial charge in [0.15, 0.2) is 0 Å². The Morgan fingerprint density at radius 1 is 1.07 bits per heavy atom. The molecule has 0 unspecified atom stereocenters. The van der Waals surface area contributed by atoms with E-state index in [-0.39, 0.29) is 5.57 Å². The molecule has 1 N–H and O–H groups in total. The number of para-hydroxylation sites is 1. The summed E-state index contributed by atoms with van der Waals surface area (Å²) in [4.78, 5) is 12.5. The highest BCUT2D eigenvalue weighted by Gasteiger charge is 2.12. The monoisotopic (exact) mass is 548 g/mol. The smallest absolute Gasteiger partial charge is 0.266 e. The lowest BCUT2D eigenvalue weighted by atomic mass is 10.1. The van der Waals surface area contributed by atoms with Gasteiger partial charge in [-0.05, 0) is 70.6 Å². The van der Waals surface area contributed by atoms with Gasteiger partial charge in [-0.3, -0.25) is 4.79 Å². The highest BCUT2D eigenvalue weighted by Crippen LogP contribution is 2.26. The van der Waals surface area contributed by atoms with Crippen molar-refractivity contribution in [3.63, 3.8) is 0 Å². The second kappa shape index (κ2) is 10.5. The maximum Gasteiger partial charge on any atom is 0.266 e. The summed E-state index contributed by atoms with van der Waals surface area (Å²) in [6.45, 7) is 0.374. The summed E-state index contributed by atoms with van der Waals surface area (Å²) >= 11 is 14.1. The molecule has 0 aliphatic carbocycles. The fourth-order valence-electron chi connectivity index (χ4n) is 2.55. The molecule has 3 aromatic carbocycles. The maximum atomic E-state index is 12.5. The number of nitriles is 1. The number of halogens is 3. The first-order valence-corrected chi connectivity index (χ1v) is 10.6. The summed E-state index contributed by atoms with van der Waals surface area (Å²) in [5.41, 5.74) is 2.03. The predicted octanol–water partition coefficient (Wildman–Crippen LogP) is 6.72. The van der Waals surface area contributed by atoms with Gasteiger partial charge in [-0.25, -0.2) is 0 Å². The molecule has 0 aliphatic heterocycles. The Labute approximate surface area is 198 Å². The van der Waals surface area contributed by atoms with E-state index in [4.69, 9.17) is 27.9 Å². The van der Waals surface area contributed by atoms with E-state index in [0.717, 1.165) is 9.13 Å². The lowest BCUT2D eigenvalue weighted by molar-refractivity contribution is -0.112. The predicted molar refractivity (Wildman–Crippen MR) is 129 cm³/mol.